The Balaban J connectivity index is 2.08. The fraction of sp³-hybridized carbons (Fsp3) is 0.250. The predicted molar refractivity (Wildman–Crippen MR) is 75.5 cm³/mol. The first-order chi connectivity index (χ1) is 9.72. The highest BCUT2D eigenvalue weighted by Gasteiger charge is 2.33. The average Bonchev–Trinajstić information content (AvgIpc) is 2.50. The molecule has 104 valence electrons. The second kappa shape index (κ2) is 5.15. The molecule has 1 aliphatic heterocycles. The van der Waals surface area contributed by atoms with E-state index >= 15 is 0 Å². The predicted octanol–water partition coefficient (Wildman–Crippen LogP) is 2.41. The van der Waals surface area contributed by atoms with Gasteiger partial charge >= 0.3 is 0 Å². The van der Waals surface area contributed by atoms with Crippen molar-refractivity contribution in [2.45, 2.75) is 18.6 Å². The first-order valence-electron chi connectivity index (χ1n) is 6.62. The van der Waals surface area contributed by atoms with E-state index in [1.54, 1.807) is 6.07 Å². The maximum absolute atomic E-state index is 10.1. The second-order valence-electron chi connectivity index (χ2n) is 4.99. The quantitative estimate of drug-likeness (QED) is 0.733. The second-order valence-corrected chi connectivity index (χ2v) is 4.99. The Labute approximate surface area is 117 Å². The number of hydrogen-bond donors (Lipinski definition) is 3. The molecule has 0 radical (unpaired) electrons. The summed E-state index contributed by atoms with van der Waals surface area (Å²) in [5.74, 6) is -0.369. The Hall–Kier alpha value is -2.04. The van der Waals surface area contributed by atoms with Gasteiger partial charge in [0.05, 0.1) is 12.7 Å². The van der Waals surface area contributed by atoms with Gasteiger partial charge in [-0.05, 0) is 17.2 Å². The molecular weight excluding hydrogens is 254 g/mol. The van der Waals surface area contributed by atoms with Crippen molar-refractivity contribution in [3.05, 3.63) is 59.2 Å². The smallest absolute Gasteiger partial charge is 0.161 e. The standard InChI is InChI=1S/C16H17NO3/c17-8-12-14-11(6-7-13(18)15(14)19)9-20-16(12)10-4-2-1-3-5-10/h1-7,12,16,18-19H,8-9,17H2. The molecule has 4 N–H and O–H groups in total. The first-order valence-corrected chi connectivity index (χ1v) is 6.62. The summed E-state index contributed by atoms with van der Waals surface area (Å²) in [6.07, 6.45) is -0.207. The normalized spacial score (nSPS) is 21.4. The highest BCUT2D eigenvalue weighted by Crippen LogP contribution is 2.46. The zero-order valence-corrected chi connectivity index (χ0v) is 11.0. The van der Waals surface area contributed by atoms with Crippen LogP contribution in [-0.2, 0) is 11.3 Å². The summed E-state index contributed by atoms with van der Waals surface area (Å²) >= 11 is 0. The fourth-order valence-corrected chi connectivity index (χ4v) is 2.84. The van der Waals surface area contributed by atoms with Crippen molar-refractivity contribution >= 4 is 0 Å². The van der Waals surface area contributed by atoms with E-state index < -0.39 is 0 Å². The van der Waals surface area contributed by atoms with E-state index in [-0.39, 0.29) is 23.5 Å². The number of phenols is 2. The topological polar surface area (TPSA) is 75.7 Å². The van der Waals surface area contributed by atoms with Crippen molar-refractivity contribution in [3.63, 3.8) is 0 Å². The molecule has 0 aliphatic carbocycles. The largest absolute Gasteiger partial charge is 0.504 e. The van der Waals surface area contributed by atoms with Gasteiger partial charge in [-0.3, -0.25) is 0 Å². The third-order valence-electron chi connectivity index (χ3n) is 3.82. The molecule has 2 aromatic rings. The summed E-state index contributed by atoms with van der Waals surface area (Å²) in [4.78, 5) is 0. The lowest BCUT2D eigenvalue weighted by Gasteiger charge is -2.34. The molecule has 0 saturated carbocycles. The van der Waals surface area contributed by atoms with Crippen LogP contribution >= 0.6 is 0 Å². The Morgan fingerprint density at radius 3 is 2.55 bits per heavy atom. The summed E-state index contributed by atoms with van der Waals surface area (Å²) in [6.45, 7) is 0.739. The monoisotopic (exact) mass is 271 g/mol. The third kappa shape index (κ3) is 2.03. The van der Waals surface area contributed by atoms with Crippen molar-refractivity contribution in [1.82, 2.24) is 0 Å². The van der Waals surface area contributed by atoms with Crippen LogP contribution in [0.4, 0.5) is 0 Å². The Kier molecular flexibility index (Phi) is 3.34. The molecule has 0 spiro atoms. The van der Waals surface area contributed by atoms with E-state index in [1.165, 1.54) is 6.07 Å². The van der Waals surface area contributed by atoms with Crippen LogP contribution in [0.5, 0.6) is 11.5 Å². The molecule has 1 heterocycles. The average molecular weight is 271 g/mol. The van der Waals surface area contributed by atoms with Crippen LogP contribution in [0.1, 0.15) is 28.7 Å². The van der Waals surface area contributed by atoms with Crippen LogP contribution in [0.3, 0.4) is 0 Å². The molecule has 0 fully saturated rings. The molecule has 3 rings (SSSR count). The van der Waals surface area contributed by atoms with Gasteiger partial charge in [-0.2, -0.15) is 0 Å². The van der Waals surface area contributed by atoms with E-state index in [9.17, 15) is 10.2 Å². The van der Waals surface area contributed by atoms with Gasteiger partial charge in [-0.1, -0.05) is 36.4 Å². The summed E-state index contributed by atoms with van der Waals surface area (Å²) in [5.41, 5.74) is 8.50. The molecule has 4 nitrogen and oxygen atoms in total. The van der Waals surface area contributed by atoms with Gasteiger partial charge < -0.3 is 20.7 Å². The summed E-state index contributed by atoms with van der Waals surface area (Å²) in [5, 5.41) is 19.9. The molecule has 20 heavy (non-hydrogen) atoms. The summed E-state index contributed by atoms with van der Waals surface area (Å²) in [6, 6.07) is 13.1. The molecule has 2 unspecified atom stereocenters. The fourth-order valence-electron chi connectivity index (χ4n) is 2.84. The minimum absolute atomic E-state index is 0.0813. The highest BCUT2D eigenvalue weighted by molar-refractivity contribution is 5.52. The molecule has 0 bridgehead atoms. The van der Waals surface area contributed by atoms with Crippen LogP contribution in [0.15, 0.2) is 42.5 Å². The van der Waals surface area contributed by atoms with Gasteiger partial charge in [0, 0.05) is 18.0 Å². The van der Waals surface area contributed by atoms with Gasteiger partial charge in [0.1, 0.15) is 0 Å². The Bertz CT molecular complexity index is 613. The number of phenolic OH excluding ortho intramolecular Hbond substituents is 2. The molecule has 2 atom stereocenters. The maximum Gasteiger partial charge on any atom is 0.161 e. The van der Waals surface area contributed by atoms with Crippen LogP contribution in [0.2, 0.25) is 0 Å². The molecular formula is C16H17NO3. The zero-order valence-electron chi connectivity index (χ0n) is 11.0. The lowest BCUT2D eigenvalue weighted by molar-refractivity contribution is 0.00695. The molecule has 1 aliphatic rings. The van der Waals surface area contributed by atoms with E-state index in [4.69, 9.17) is 10.5 Å². The number of hydrogen-bond acceptors (Lipinski definition) is 4. The number of fused-ring (bicyclic) bond motifs is 1. The number of ether oxygens (including phenoxy) is 1. The molecule has 0 saturated heterocycles. The Morgan fingerprint density at radius 2 is 1.85 bits per heavy atom. The van der Waals surface area contributed by atoms with Crippen LogP contribution in [-0.4, -0.2) is 16.8 Å². The van der Waals surface area contributed by atoms with Gasteiger partial charge in [-0.25, -0.2) is 0 Å². The SMILES string of the molecule is NCC1c2c(ccc(O)c2O)COC1c1ccccc1. The van der Waals surface area contributed by atoms with Gasteiger partial charge in [0.25, 0.3) is 0 Å². The number of nitrogens with two attached hydrogens (primary N) is 1. The molecule has 4 heteroatoms. The summed E-state index contributed by atoms with van der Waals surface area (Å²) in [7, 11) is 0. The van der Waals surface area contributed by atoms with Gasteiger partial charge in [-0.15, -0.1) is 0 Å². The van der Waals surface area contributed by atoms with Crippen molar-refractivity contribution in [1.29, 1.82) is 0 Å². The Morgan fingerprint density at radius 1 is 1.10 bits per heavy atom. The van der Waals surface area contributed by atoms with E-state index in [1.807, 2.05) is 30.3 Å². The summed E-state index contributed by atoms with van der Waals surface area (Å²) < 4.78 is 5.92. The lowest BCUT2D eigenvalue weighted by Crippen LogP contribution is -2.27. The van der Waals surface area contributed by atoms with Crippen molar-refractivity contribution < 1.29 is 14.9 Å². The van der Waals surface area contributed by atoms with Crippen molar-refractivity contribution in [2.24, 2.45) is 5.73 Å². The molecule has 0 amide bonds. The van der Waals surface area contributed by atoms with Crippen LogP contribution < -0.4 is 5.73 Å². The first kappa shape index (κ1) is 13.0. The van der Waals surface area contributed by atoms with E-state index in [0.717, 1.165) is 11.1 Å². The number of aromatic hydroxyl groups is 2. The van der Waals surface area contributed by atoms with Crippen molar-refractivity contribution in [3.8, 4) is 11.5 Å². The third-order valence-corrected chi connectivity index (χ3v) is 3.82. The van der Waals surface area contributed by atoms with E-state index in [2.05, 4.69) is 0 Å². The van der Waals surface area contributed by atoms with Crippen molar-refractivity contribution in [2.75, 3.05) is 6.54 Å². The minimum Gasteiger partial charge on any atom is -0.504 e. The van der Waals surface area contributed by atoms with Crippen LogP contribution in [0, 0.1) is 0 Å². The maximum atomic E-state index is 10.1. The lowest BCUT2D eigenvalue weighted by atomic mass is 9.83. The number of benzene rings is 2. The van der Waals surface area contributed by atoms with Gasteiger partial charge in [0.2, 0.25) is 0 Å². The van der Waals surface area contributed by atoms with Gasteiger partial charge in [0.15, 0.2) is 11.5 Å². The molecule has 0 aromatic heterocycles. The zero-order chi connectivity index (χ0) is 14.1. The van der Waals surface area contributed by atoms with Crippen LogP contribution in [0.25, 0.3) is 0 Å². The molecule has 2 aromatic carbocycles. The van der Waals surface area contributed by atoms with E-state index in [0.29, 0.717) is 18.7 Å². The highest BCUT2D eigenvalue weighted by atomic mass is 16.5. The number of rotatable bonds is 2. The minimum atomic E-state index is -0.207.